The van der Waals surface area contributed by atoms with Crippen LogP contribution in [-0.4, -0.2) is 41.4 Å². The van der Waals surface area contributed by atoms with Crippen LogP contribution in [0.3, 0.4) is 0 Å². The average molecular weight is 251 g/mol. The monoisotopic (exact) mass is 251 g/mol. The molecule has 0 unspecified atom stereocenters. The third-order valence-corrected chi connectivity index (χ3v) is 2.75. The van der Waals surface area contributed by atoms with Crippen molar-refractivity contribution in [3.05, 3.63) is 30.0 Å². The molecule has 1 heterocycles. The highest BCUT2D eigenvalue weighted by Gasteiger charge is 2.26. The largest absolute Gasteiger partial charge is 0.383 e. The molecular weight excluding hydrogens is 230 g/mol. The Morgan fingerprint density at radius 1 is 1.50 bits per heavy atom. The van der Waals surface area contributed by atoms with Gasteiger partial charge in [0.15, 0.2) is 0 Å². The number of ether oxygens (including phenoxy) is 1. The molecule has 0 radical (unpaired) electrons. The fourth-order valence-electron chi connectivity index (χ4n) is 1.69. The predicted molar refractivity (Wildman–Crippen MR) is 70.5 cm³/mol. The Kier molecular flexibility index (Phi) is 4.29. The van der Waals surface area contributed by atoms with Gasteiger partial charge in [0.25, 0.3) is 0 Å². The SMILES string of the molecule is COC(C)(C)n1c(C(=O)C=CN(C)C)cnc1C. The van der Waals surface area contributed by atoms with Gasteiger partial charge in [-0.3, -0.25) is 9.36 Å². The summed E-state index contributed by atoms with van der Waals surface area (Å²) in [6, 6.07) is 0. The highest BCUT2D eigenvalue weighted by molar-refractivity contribution is 6.03. The van der Waals surface area contributed by atoms with Crippen molar-refractivity contribution in [2.75, 3.05) is 21.2 Å². The molecule has 100 valence electrons. The maximum Gasteiger partial charge on any atom is 0.205 e. The van der Waals surface area contributed by atoms with Crippen molar-refractivity contribution in [3.63, 3.8) is 0 Å². The Balaban J connectivity index is 3.16. The van der Waals surface area contributed by atoms with Gasteiger partial charge in [-0.25, -0.2) is 4.98 Å². The average Bonchev–Trinajstić information content (AvgIpc) is 2.68. The summed E-state index contributed by atoms with van der Waals surface area (Å²) in [4.78, 5) is 18.1. The van der Waals surface area contributed by atoms with Gasteiger partial charge in [0.1, 0.15) is 17.2 Å². The lowest BCUT2D eigenvalue weighted by atomic mass is 10.2. The highest BCUT2D eigenvalue weighted by atomic mass is 16.5. The second-order valence-electron chi connectivity index (χ2n) is 4.82. The molecule has 1 aromatic heterocycles. The van der Waals surface area contributed by atoms with Gasteiger partial charge < -0.3 is 9.64 Å². The third-order valence-electron chi connectivity index (χ3n) is 2.75. The van der Waals surface area contributed by atoms with Crippen LogP contribution >= 0.6 is 0 Å². The van der Waals surface area contributed by atoms with Crippen LogP contribution in [-0.2, 0) is 10.5 Å². The second kappa shape index (κ2) is 5.35. The normalized spacial score (nSPS) is 12.1. The summed E-state index contributed by atoms with van der Waals surface area (Å²) in [7, 11) is 5.35. The molecule has 0 saturated carbocycles. The minimum atomic E-state index is -0.600. The zero-order valence-corrected chi connectivity index (χ0v) is 11.9. The first kappa shape index (κ1) is 14.4. The molecule has 0 spiro atoms. The fourth-order valence-corrected chi connectivity index (χ4v) is 1.69. The van der Waals surface area contributed by atoms with Crippen LogP contribution in [0.5, 0.6) is 0 Å². The van der Waals surface area contributed by atoms with Gasteiger partial charge in [-0.2, -0.15) is 0 Å². The van der Waals surface area contributed by atoms with E-state index in [0.717, 1.165) is 5.82 Å². The van der Waals surface area contributed by atoms with E-state index >= 15 is 0 Å². The van der Waals surface area contributed by atoms with E-state index in [1.165, 1.54) is 6.08 Å². The minimum Gasteiger partial charge on any atom is -0.383 e. The zero-order valence-electron chi connectivity index (χ0n) is 11.9. The quantitative estimate of drug-likeness (QED) is 0.591. The lowest BCUT2D eigenvalue weighted by molar-refractivity contribution is -0.0477. The van der Waals surface area contributed by atoms with Crippen LogP contribution in [0.4, 0.5) is 0 Å². The van der Waals surface area contributed by atoms with E-state index in [4.69, 9.17) is 4.74 Å². The number of carbonyl (C=O) groups excluding carboxylic acids is 1. The first-order valence-corrected chi connectivity index (χ1v) is 5.78. The maximum atomic E-state index is 12.1. The van der Waals surface area contributed by atoms with Gasteiger partial charge in [0.2, 0.25) is 5.78 Å². The van der Waals surface area contributed by atoms with E-state index in [-0.39, 0.29) is 5.78 Å². The van der Waals surface area contributed by atoms with Crippen molar-refractivity contribution in [1.82, 2.24) is 14.5 Å². The molecule has 0 atom stereocenters. The molecule has 5 heteroatoms. The van der Waals surface area contributed by atoms with E-state index in [1.807, 2.05) is 39.8 Å². The van der Waals surface area contributed by atoms with Crippen LogP contribution in [0.1, 0.15) is 30.2 Å². The highest BCUT2D eigenvalue weighted by Crippen LogP contribution is 2.21. The van der Waals surface area contributed by atoms with Crippen LogP contribution in [0.25, 0.3) is 0 Å². The Morgan fingerprint density at radius 3 is 2.61 bits per heavy atom. The van der Waals surface area contributed by atoms with E-state index in [2.05, 4.69) is 4.98 Å². The number of hydrogen-bond acceptors (Lipinski definition) is 4. The molecular formula is C13H21N3O2. The van der Waals surface area contributed by atoms with Gasteiger partial charge in [-0.1, -0.05) is 0 Å². The van der Waals surface area contributed by atoms with Gasteiger partial charge in [-0.05, 0) is 20.8 Å². The van der Waals surface area contributed by atoms with E-state index in [0.29, 0.717) is 5.69 Å². The summed E-state index contributed by atoms with van der Waals surface area (Å²) >= 11 is 0. The molecule has 1 aromatic rings. The molecule has 0 bridgehead atoms. The first-order chi connectivity index (χ1) is 8.29. The third kappa shape index (κ3) is 2.98. The Bertz CT molecular complexity index is 459. The molecule has 0 fully saturated rings. The first-order valence-electron chi connectivity index (χ1n) is 5.78. The van der Waals surface area contributed by atoms with Gasteiger partial charge >= 0.3 is 0 Å². The van der Waals surface area contributed by atoms with E-state index in [1.54, 1.807) is 24.1 Å². The Labute approximate surface area is 108 Å². The van der Waals surface area contributed by atoms with Gasteiger partial charge in [0.05, 0.1) is 6.20 Å². The van der Waals surface area contributed by atoms with Crippen LogP contribution in [0.2, 0.25) is 0 Å². The van der Waals surface area contributed by atoms with Crippen LogP contribution < -0.4 is 0 Å². The summed E-state index contributed by atoms with van der Waals surface area (Å²) in [5.74, 6) is 0.665. The smallest absolute Gasteiger partial charge is 0.205 e. The Morgan fingerprint density at radius 2 is 2.11 bits per heavy atom. The number of aryl methyl sites for hydroxylation is 1. The predicted octanol–water partition coefficient (Wildman–Crippen LogP) is 1.79. The van der Waals surface area contributed by atoms with Crippen molar-refractivity contribution < 1.29 is 9.53 Å². The van der Waals surface area contributed by atoms with Crippen LogP contribution in [0, 0.1) is 6.92 Å². The van der Waals surface area contributed by atoms with Gasteiger partial charge in [-0.15, -0.1) is 0 Å². The molecule has 0 aliphatic rings. The summed E-state index contributed by atoms with van der Waals surface area (Å²) in [5.41, 5.74) is -0.0743. The Hall–Kier alpha value is -1.62. The maximum absolute atomic E-state index is 12.1. The number of rotatable bonds is 5. The second-order valence-corrected chi connectivity index (χ2v) is 4.82. The fraction of sp³-hybridized carbons (Fsp3) is 0.538. The number of imidazole rings is 1. The summed E-state index contributed by atoms with van der Waals surface area (Å²) in [5, 5.41) is 0. The number of methoxy groups -OCH3 is 1. The van der Waals surface area contributed by atoms with Crippen molar-refractivity contribution in [2.24, 2.45) is 0 Å². The number of aromatic nitrogens is 2. The van der Waals surface area contributed by atoms with Crippen molar-refractivity contribution in [2.45, 2.75) is 26.5 Å². The molecule has 18 heavy (non-hydrogen) atoms. The molecule has 0 aliphatic heterocycles. The van der Waals surface area contributed by atoms with Crippen molar-refractivity contribution in [1.29, 1.82) is 0 Å². The molecule has 0 amide bonds. The number of carbonyl (C=O) groups is 1. The summed E-state index contributed by atoms with van der Waals surface area (Å²) in [6.45, 7) is 5.65. The number of hydrogen-bond donors (Lipinski definition) is 0. The molecule has 0 saturated heterocycles. The van der Waals surface area contributed by atoms with Crippen LogP contribution in [0.15, 0.2) is 18.5 Å². The summed E-state index contributed by atoms with van der Waals surface area (Å²) in [6.07, 6.45) is 4.83. The summed E-state index contributed by atoms with van der Waals surface area (Å²) < 4.78 is 7.22. The van der Waals surface area contributed by atoms with Gasteiger partial charge in [0, 0.05) is 33.5 Å². The topological polar surface area (TPSA) is 47.4 Å². The van der Waals surface area contributed by atoms with Crippen molar-refractivity contribution >= 4 is 5.78 Å². The number of ketones is 1. The van der Waals surface area contributed by atoms with E-state index < -0.39 is 5.72 Å². The molecule has 5 nitrogen and oxygen atoms in total. The lowest BCUT2D eigenvalue weighted by Gasteiger charge is -2.27. The molecule has 0 aliphatic carbocycles. The van der Waals surface area contributed by atoms with Crippen molar-refractivity contribution in [3.8, 4) is 0 Å². The molecule has 0 N–H and O–H groups in total. The number of allylic oxidation sites excluding steroid dienone is 1. The standard InChI is InChI=1S/C13H21N3O2/c1-10-14-9-11(12(17)7-8-15(4)5)16(10)13(2,3)18-6/h7-9H,1-6H3. The number of nitrogens with zero attached hydrogens (tertiary/aromatic N) is 3. The molecule has 1 rings (SSSR count). The minimum absolute atomic E-state index is 0.0885. The van der Waals surface area contributed by atoms with E-state index in [9.17, 15) is 4.79 Å². The lowest BCUT2D eigenvalue weighted by Crippen LogP contribution is -2.32. The zero-order chi connectivity index (χ0) is 13.9. The molecule has 0 aromatic carbocycles.